The first-order chi connectivity index (χ1) is 21.1. The van der Waals surface area contributed by atoms with E-state index in [2.05, 4.69) is 5.32 Å². The molecule has 3 N–H and O–H groups in total. The number of hydrogen-bond donors (Lipinski definition) is 3. The van der Waals surface area contributed by atoms with E-state index in [-0.39, 0.29) is 47.4 Å². The van der Waals surface area contributed by atoms with Crippen LogP contribution in [0.25, 0.3) is 0 Å². The molecule has 5 rings (SSSR count). The number of aliphatic hydroxyl groups excluding tert-OH is 2. The summed E-state index contributed by atoms with van der Waals surface area (Å²) in [5.74, 6) is -1.47. The van der Waals surface area contributed by atoms with Crippen molar-refractivity contribution >= 4 is 18.1 Å². The van der Waals surface area contributed by atoms with Crippen LogP contribution >= 0.6 is 0 Å². The van der Waals surface area contributed by atoms with Crippen LogP contribution < -0.4 is 14.8 Å². The van der Waals surface area contributed by atoms with Gasteiger partial charge >= 0.3 is 6.18 Å². The second-order valence-corrected chi connectivity index (χ2v) is 11.3. The summed E-state index contributed by atoms with van der Waals surface area (Å²) in [5, 5.41) is 23.9. The van der Waals surface area contributed by atoms with E-state index in [1.807, 2.05) is 0 Å². The quantitative estimate of drug-likeness (QED) is 0.302. The molecular weight excluding hydrogens is 581 g/mol. The maximum absolute atomic E-state index is 14.2. The van der Waals surface area contributed by atoms with E-state index < -0.39 is 47.7 Å². The first-order valence-corrected chi connectivity index (χ1v) is 14.7. The van der Waals surface area contributed by atoms with Gasteiger partial charge in [0, 0.05) is 34.9 Å². The molecule has 0 aromatic heterocycles. The summed E-state index contributed by atoms with van der Waals surface area (Å²) in [6.45, 7) is -0.376. The van der Waals surface area contributed by atoms with Crippen molar-refractivity contribution in [2.75, 3.05) is 20.3 Å². The SMILES string of the molecule is COc1cc(C=O)cc2c1O[C@@H]1[C@@H](O)[C@H](N(C(=O)c3ccc(C(F)(F)F)cc3)C3CCCCCC3)C=C(C(=O)NCCO)[C@H]21. The van der Waals surface area contributed by atoms with Crippen LogP contribution in [0.4, 0.5) is 13.2 Å². The van der Waals surface area contributed by atoms with Crippen molar-refractivity contribution in [1.82, 2.24) is 10.2 Å². The van der Waals surface area contributed by atoms with E-state index in [9.17, 15) is 37.8 Å². The third-order valence-corrected chi connectivity index (χ3v) is 8.64. The van der Waals surface area contributed by atoms with Crippen molar-refractivity contribution < 1.29 is 47.2 Å². The molecule has 2 aromatic carbocycles. The zero-order chi connectivity index (χ0) is 31.6. The predicted molar refractivity (Wildman–Crippen MR) is 153 cm³/mol. The fourth-order valence-corrected chi connectivity index (χ4v) is 6.56. The summed E-state index contributed by atoms with van der Waals surface area (Å²) in [6, 6.07) is 5.56. The lowest BCUT2D eigenvalue weighted by Gasteiger charge is -2.44. The van der Waals surface area contributed by atoms with Crippen LogP contribution in [-0.2, 0) is 11.0 Å². The first kappa shape index (κ1) is 31.5. The van der Waals surface area contributed by atoms with Gasteiger partial charge in [-0.3, -0.25) is 14.4 Å². The standard InChI is InChI=1S/C32H35F3N2O7/c1-43-25-15-18(17-39)14-22-26-23(30(41)36-12-13-38)16-24(27(40)29(26)44-28(22)25)37(21-6-4-2-3-5-7-21)31(42)19-8-10-20(11-9-19)32(33,34)35/h8-11,14-17,21,24,26-27,29,38,40H,2-7,12-13H2,1H3,(H,36,41)/t24-,26+,27+,29+/m1/s1. The lowest BCUT2D eigenvalue weighted by atomic mass is 9.76. The highest BCUT2D eigenvalue weighted by Gasteiger charge is 2.52. The van der Waals surface area contributed by atoms with E-state index >= 15 is 0 Å². The molecule has 236 valence electrons. The number of rotatable bonds is 8. The number of fused-ring (bicyclic) bond motifs is 3. The van der Waals surface area contributed by atoms with Crippen LogP contribution in [0, 0.1) is 0 Å². The summed E-state index contributed by atoms with van der Waals surface area (Å²) in [4.78, 5) is 40.9. The Labute approximate surface area is 252 Å². The number of amides is 2. The number of ether oxygens (including phenoxy) is 2. The van der Waals surface area contributed by atoms with Crippen LogP contribution in [0.1, 0.15) is 76.3 Å². The Morgan fingerprint density at radius 1 is 1.11 bits per heavy atom. The van der Waals surface area contributed by atoms with Crippen LogP contribution in [0.2, 0.25) is 0 Å². The van der Waals surface area contributed by atoms with Gasteiger partial charge in [0.15, 0.2) is 11.5 Å². The normalized spacial score (nSPS) is 23.4. The van der Waals surface area contributed by atoms with Crippen molar-refractivity contribution in [3.8, 4) is 11.5 Å². The number of aldehydes is 1. The summed E-state index contributed by atoms with van der Waals surface area (Å²) in [6.07, 6.45) is -0.0640. The highest BCUT2D eigenvalue weighted by Crippen LogP contribution is 2.51. The second-order valence-electron chi connectivity index (χ2n) is 11.3. The second kappa shape index (κ2) is 13.0. The molecule has 1 fully saturated rings. The van der Waals surface area contributed by atoms with E-state index in [1.165, 1.54) is 24.2 Å². The monoisotopic (exact) mass is 616 g/mol. The third kappa shape index (κ3) is 6.05. The molecule has 4 atom stereocenters. The van der Waals surface area contributed by atoms with Crippen molar-refractivity contribution in [3.05, 3.63) is 70.3 Å². The Hall–Kier alpha value is -3.90. The minimum Gasteiger partial charge on any atom is -0.493 e. The molecule has 0 radical (unpaired) electrons. The molecule has 9 nitrogen and oxygen atoms in total. The molecule has 44 heavy (non-hydrogen) atoms. The molecule has 0 spiro atoms. The number of halogens is 3. The maximum Gasteiger partial charge on any atom is 0.416 e. The molecule has 1 saturated carbocycles. The molecule has 0 saturated heterocycles. The first-order valence-electron chi connectivity index (χ1n) is 14.7. The summed E-state index contributed by atoms with van der Waals surface area (Å²) in [5.41, 5.74) is 0.0216. The smallest absolute Gasteiger partial charge is 0.416 e. The molecule has 1 aliphatic heterocycles. The average molecular weight is 617 g/mol. The van der Waals surface area contributed by atoms with Gasteiger partial charge in [-0.1, -0.05) is 25.7 Å². The largest absolute Gasteiger partial charge is 0.493 e. The number of methoxy groups -OCH3 is 1. The number of nitrogens with zero attached hydrogens (tertiary/aromatic N) is 1. The molecule has 2 aromatic rings. The summed E-state index contributed by atoms with van der Waals surface area (Å²) in [7, 11) is 1.40. The zero-order valence-electron chi connectivity index (χ0n) is 24.2. The molecule has 0 unspecified atom stereocenters. The predicted octanol–water partition coefficient (Wildman–Crippen LogP) is 4.01. The number of carbonyl (C=O) groups is 3. The molecule has 2 aliphatic carbocycles. The van der Waals surface area contributed by atoms with Crippen LogP contribution in [0.3, 0.4) is 0 Å². The number of alkyl halides is 3. The maximum atomic E-state index is 14.2. The fraction of sp³-hybridized carbons (Fsp3) is 0.469. The van der Waals surface area contributed by atoms with E-state index in [1.54, 1.807) is 6.07 Å². The van der Waals surface area contributed by atoms with Crippen molar-refractivity contribution in [1.29, 1.82) is 0 Å². The zero-order valence-corrected chi connectivity index (χ0v) is 24.2. The number of aliphatic hydroxyl groups is 2. The number of benzene rings is 2. The molecule has 2 amide bonds. The van der Waals surface area contributed by atoms with E-state index in [0.29, 0.717) is 24.7 Å². The number of nitrogens with one attached hydrogen (secondary N) is 1. The van der Waals surface area contributed by atoms with Gasteiger partial charge in [-0.05, 0) is 55.3 Å². The molecule has 0 bridgehead atoms. The van der Waals surface area contributed by atoms with E-state index in [0.717, 1.165) is 49.9 Å². The lowest BCUT2D eigenvalue weighted by Crippen LogP contribution is -2.58. The summed E-state index contributed by atoms with van der Waals surface area (Å²) >= 11 is 0. The van der Waals surface area contributed by atoms with Crippen molar-refractivity contribution in [3.63, 3.8) is 0 Å². The van der Waals surface area contributed by atoms with E-state index in [4.69, 9.17) is 9.47 Å². The molecule has 12 heteroatoms. The van der Waals surface area contributed by atoms with Gasteiger partial charge < -0.3 is 29.9 Å². The molecular formula is C32H35F3N2O7. The van der Waals surface area contributed by atoms with Gasteiger partial charge in [-0.2, -0.15) is 13.2 Å². The van der Waals surface area contributed by atoms with Crippen LogP contribution in [0.5, 0.6) is 11.5 Å². The molecule has 3 aliphatic rings. The van der Waals surface area contributed by atoms with Crippen molar-refractivity contribution in [2.45, 2.75) is 74.9 Å². The Bertz CT molecular complexity index is 1420. The number of hydrogen-bond acceptors (Lipinski definition) is 7. The lowest BCUT2D eigenvalue weighted by molar-refractivity contribution is -0.137. The third-order valence-electron chi connectivity index (χ3n) is 8.64. The minimum atomic E-state index is -4.57. The number of carbonyl (C=O) groups excluding carboxylic acids is 3. The van der Waals surface area contributed by atoms with Crippen LogP contribution in [-0.4, -0.2) is 77.8 Å². The van der Waals surface area contributed by atoms with Crippen LogP contribution in [0.15, 0.2) is 48.0 Å². The Morgan fingerprint density at radius 3 is 2.39 bits per heavy atom. The Kier molecular flexibility index (Phi) is 9.31. The Balaban J connectivity index is 1.62. The van der Waals surface area contributed by atoms with Gasteiger partial charge in [-0.15, -0.1) is 0 Å². The minimum absolute atomic E-state index is 0.0178. The van der Waals surface area contributed by atoms with Gasteiger partial charge in [0.2, 0.25) is 5.91 Å². The fourth-order valence-electron chi connectivity index (χ4n) is 6.56. The topological polar surface area (TPSA) is 125 Å². The van der Waals surface area contributed by atoms with Gasteiger partial charge in [0.1, 0.15) is 18.5 Å². The molecule has 1 heterocycles. The highest BCUT2D eigenvalue weighted by atomic mass is 19.4. The summed E-state index contributed by atoms with van der Waals surface area (Å²) < 4.78 is 51.5. The van der Waals surface area contributed by atoms with Gasteiger partial charge in [-0.25, -0.2) is 0 Å². The van der Waals surface area contributed by atoms with Crippen molar-refractivity contribution in [2.24, 2.45) is 0 Å². The van der Waals surface area contributed by atoms with Gasteiger partial charge in [0.05, 0.1) is 31.2 Å². The van der Waals surface area contributed by atoms with Gasteiger partial charge in [0.25, 0.3) is 5.91 Å². The highest BCUT2D eigenvalue weighted by molar-refractivity contribution is 5.98. The Morgan fingerprint density at radius 2 is 1.80 bits per heavy atom. The average Bonchev–Trinajstić information content (AvgIpc) is 3.20.